The molecule has 0 aliphatic rings. The van der Waals surface area contributed by atoms with E-state index >= 15 is 0 Å². The Hall–Kier alpha value is -1.94. The minimum Gasteiger partial charge on any atom is -0.389 e. The summed E-state index contributed by atoms with van der Waals surface area (Å²) in [5.74, 6) is 0.878. The molecule has 1 atom stereocenters. The molecule has 1 N–H and O–H groups in total. The summed E-state index contributed by atoms with van der Waals surface area (Å²) in [4.78, 5) is 10.5. The predicted octanol–water partition coefficient (Wildman–Crippen LogP) is 2.17. The molecule has 0 aliphatic heterocycles. The molecule has 2 rings (SSSR count). The van der Waals surface area contributed by atoms with Gasteiger partial charge in [0.15, 0.2) is 0 Å². The van der Waals surface area contributed by atoms with Gasteiger partial charge in [-0.1, -0.05) is 12.1 Å². The molecular weight excluding hydrogens is 226 g/mol. The van der Waals surface area contributed by atoms with Crippen molar-refractivity contribution >= 4 is 5.82 Å². The number of rotatable bonds is 4. The molecule has 2 aromatic rings. The number of pyridine rings is 2. The van der Waals surface area contributed by atoms with Crippen LogP contribution < -0.4 is 4.90 Å². The number of hydrogen-bond donors (Lipinski definition) is 1. The zero-order chi connectivity index (χ0) is 13.0. The lowest BCUT2D eigenvalue weighted by atomic mass is 10.2. The number of anilines is 1. The van der Waals surface area contributed by atoms with E-state index in [1.807, 2.05) is 42.4 Å². The van der Waals surface area contributed by atoms with Crippen molar-refractivity contribution in [2.45, 2.75) is 19.6 Å². The van der Waals surface area contributed by atoms with Gasteiger partial charge in [-0.3, -0.25) is 4.98 Å². The van der Waals surface area contributed by atoms with Crippen molar-refractivity contribution in [1.29, 1.82) is 0 Å². The van der Waals surface area contributed by atoms with Crippen molar-refractivity contribution in [3.05, 3.63) is 54.0 Å². The highest BCUT2D eigenvalue weighted by atomic mass is 16.3. The van der Waals surface area contributed by atoms with Crippen LogP contribution in [0.2, 0.25) is 0 Å². The summed E-state index contributed by atoms with van der Waals surface area (Å²) < 4.78 is 0. The Morgan fingerprint density at radius 3 is 2.67 bits per heavy atom. The Balaban J connectivity index is 2.07. The first-order chi connectivity index (χ1) is 8.66. The maximum absolute atomic E-state index is 9.43. The Bertz CT molecular complexity index is 482. The van der Waals surface area contributed by atoms with Gasteiger partial charge in [0, 0.05) is 32.2 Å². The highest BCUT2D eigenvalue weighted by Crippen LogP contribution is 2.16. The van der Waals surface area contributed by atoms with Crippen molar-refractivity contribution in [1.82, 2.24) is 9.97 Å². The van der Waals surface area contributed by atoms with Gasteiger partial charge in [0.25, 0.3) is 0 Å². The van der Waals surface area contributed by atoms with Crippen LogP contribution in [-0.2, 0) is 6.54 Å². The zero-order valence-corrected chi connectivity index (χ0v) is 10.6. The molecule has 0 bridgehead atoms. The summed E-state index contributed by atoms with van der Waals surface area (Å²) in [6.45, 7) is 2.49. The van der Waals surface area contributed by atoms with E-state index < -0.39 is 6.10 Å². The van der Waals surface area contributed by atoms with E-state index in [1.54, 1.807) is 19.3 Å². The smallest absolute Gasteiger partial charge is 0.128 e. The first-order valence-corrected chi connectivity index (χ1v) is 5.91. The third-order valence-electron chi connectivity index (χ3n) is 2.79. The van der Waals surface area contributed by atoms with Crippen LogP contribution in [0.15, 0.2) is 42.9 Å². The lowest BCUT2D eigenvalue weighted by Crippen LogP contribution is -2.17. The third-order valence-corrected chi connectivity index (χ3v) is 2.79. The largest absolute Gasteiger partial charge is 0.389 e. The van der Waals surface area contributed by atoms with Crippen LogP contribution in [-0.4, -0.2) is 22.1 Å². The molecule has 0 unspecified atom stereocenters. The van der Waals surface area contributed by atoms with E-state index in [9.17, 15) is 5.11 Å². The van der Waals surface area contributed by atoms with Crippen molar-refractivity contribution < 1.29 is 5.11 Å². The summed E-state index contributed by atoms with van der Waals surface area (Å²) in [6.07, 6.45) is 4.84. The maximum atomic E-state index is 9.43. The standard InChI is InChI=1S/C14H17N3O/c1-11(18)13-5-6-14(16-9-13)17(2)10-12-4-3-7-15-8-12/h3-9,11,18H,10H2,1-2H3/t11-/m1/s1. The molecule has 0 saturated carbocycles. The second kappa shape index (κ2) is 5.60. The lowest BCUT2D eigenvalue weighted by Gasteiger charge is -2.18. The minimum atomic E-state index is -0.477. The average molecular weight is 243 g/mol. The molecule has 0 fully saturated rings. The van der Waals surface area contributed by atoms with Crippen LogP contribution in [0.5, 0.6) is 0 Å². The van der Waals surface area contributed by atoms with Crippen molar-refractivity contribution in [3.63, 3.8) is 0 Å². The van der Waals surface area contributed by atoms with Crippen molar-refractivity contribution in [2.75, 3.05) is 11.9 Å². The normalized spacial score (nSPS) is 12.2. The highest BCUT2D eigenvalue weighted by molar-refractivity contribution is 5.39. The summed E-state index contributed by atoms with van der Waals surface area (Å²) in [5.41, 5.74) is 1.97. The Morgan fingerprint density at radius 1 is 1.28 bits per heavy atom. The number of aromatic nitrogens is 2. The molecule has 0 spiro atoms. The van der Waals surface area contributed by atoms with Gasteiger partial charge in [0.2, 0.25) is 0 Å². The Morgan fingerprint density at radius 2 is 2.11 bits per heavy atom. The Labute approximate surface area is 107 Å². The van der Waals surface area contributed by atoms with E-state index in [1.165, 1.54) is 0 Å². The minimum absolute atomic E-state index is 0.477. The zero-order valence-electron chi connectivity index (χ0n) is 10.6. The molecule has 0 radical (unpaired) electrons. The molecule has 4 heteroatoms. The van der Waals surface area contributed by atoms with Gasteiger partial charge < -0.3 is 10.0 Å². The monoisotopic (exact) mass is 243 g/mol. The van der Waals surface area contributed by atoms with E-state index in [0.717, 1.165) is 23.5 Å². The van der Waals surface area contributed by atoms with Gasteiger partial charge >= 0.3 is 0 Å². The van der Waals surface area contributed by atoms with Crippen LogP contribution in [0.4, 0.5) is 5.82 Å². The van der Waals surface area contributed by atoms with Gasteiger partial charge in [-0.15, -0.1) is 0 Å². The summed E-state index contributed by atoms with van der Waals surface area (Å²) in [7, 11) is 1.98. The third kappa shape index (κ3) is 3.05. The van der Waals surface area contributed by atoms with Crippen LogP contribution >= 0.6 is 0 Å². The number of nitrogens with zero attached hydrogens (tertiary/aromatic N) is 3. The first kappa shape index (κ1) is 12.5. The molecule has 0 saturated heterocycles. The molecule has 4 nitrogen and oxygen atoms in total. The van der Waals surface area contributed by atoms with Crippen molar-refractivity contribution in [2.24, 2.45) is 0 Å². The number of hydrogen-bond acceptors (Lipinski definition) is 4. The quantitative estimate of drug-likeness (QED) is 0.894. The maximum Gasteiger partial charge on any atom is 0.128 e. The second-order valence-corrected chi connectivity index (χ2v) is 4.34. The SMILES string of the molecule is C[C@@H](O)c1ccc(N(C)Cc2cccnc2)nc1. The van der Waals surface area contributed by atoms with Crippen LogP contribution in [0.25, 0.3) is 0 Å². The number of aliphatic hydroxyl groups excluding tert-OH is 1. The van der Waals surface area contributed by atoms with Crippen LogP contribution in [0.1, 0.15) is 24.2 Å². The second-order valence-electron chi connectivity index (χ2n) is 4.34. The van der Waals surface area contributed by atoms with E-state index in [0.29, 0.717) is 0 Å². The molecule has 0 aliphatic carbocycles. The van der Waals surface area contributed by atoms with Crippen LogP contribution in [0, 0.1) is 0 Å². The number of aliphatic hydroxyl groups is 1. The van der Waals surface area contributed by atoms with Gasteiger partial charge in [-0.2, -0.15) is 0 Å². The average Bonchev–Trinajstić information content (AvgIpc) is 2.40. The van der Waals surface area contributed by atoms with Crippen LogP contribution in [0.3, 0.4) is 0 Å². The molecule has 2 aromatic heterocycles. The molecular formula is C14H17N3O. The fourth-order valence-corrected chi connectivity index (χ4v) is 1.72. The summed E-state index contributed by atoms with van der Waals surface area (Å²) in [6, 6.07) is 7.77. The summed E-state index contributed by atoms with van der Waals surface area (Å²) in [5, 5.41) is 9.43. The van der Waals surface area contributed by atoms with E-state index in [2.05, 4.69) is 9.97 Å². The first-order valence-electron chi connectivity index (χ1n) is 5.91. The van der Waals surface area contributed by atoms with E-state index in [-0.39, 0.29) is 0 Å². The van der Waals surface area contributed by atoms with Gasteiger partial charge in [0.05, 0.1) is 6.10 Å². The van der Waals surface area contributed by atoms with Crippen molar-refractivity contribution in [3.8, 4) is 0 Å². The van der Waals surface area contributed by atoms with Gasteiger partial charge in [0.1, 0.15) is 5.82 Å². The van der Waals surface area contributed by atoms with Gasteiger partial charge in [-0.25, -0.2) is 4.98 Å². The summed E-state index contributed by atoms with van der Waals surface area (Å²) >= 11 is 0. The molecule has 0 amide bonds. The van der Waals surface area contributed by atoms with E-state index in [4.69, 9.17) is 0 Å². The molecule has 94 valence electrons. The highest BCUT2D eigenvalue weighted by Gasteiger charge is 2.05. The van der Waals surface area contributed by atoms with Gasteiger partial charge in [-0.05, 0) is 30.2 Å². The Kier molecular flexibility index (Phi) is 3.89. The fourth-order valence-electron chi connectivity index (χ4n) is 1.72. The molecule has 0 aromatic carbocycles. The molecule has 2 heterocycles. The fraction of sp³-hybridized carbons (Fsp3) is 0.286. The topological polar surface area (TPSA) is 49.2 Å². The predicted molar refractivity (Wildman–Crippen MR) is 71.2 cm³/mol. The lowest BCUT2D eigenvalue weighted by molar-refractivity contribution is 0.199. The molecule has 18 heavy (non-hydrogen) atoms.